The van der Waals surface area contributed by atoms with E-state index in [1.54, 1.807) is 30.6 Å². The molecular formula is C17H13N3O. The number of amides is 1. The molecule has 1 heterocycles. The van der Waals surface area contributed by atoms with Gasteiger partial charge in [-0.05, 0) is 22.9 Å². The molecule has 0 unspecified atom stereocenters. The highest BCUT2D eigenvalue weighted by Crippen LogP contribution is 2.16. The third-order valence-electron chi connectivity index (χ3n) is 3.09. The average molecular weight is 275 g/mol. The molecule has 3 rings (SSSR count). The predicted octanol–water partition coefficient (Wildman–Crippen LogP) is 3.00. The van der Waals surface area contributed by atoms with Crippen molar-refractivity contribution in [2.75, 3.05) is 0 Å². The number of nitrogens with one attached hydrogen (secondary N) is 1. The Hall–Kier alpha value is -3.01. The summed E-state index contributed by atoms with van der Waals surface area (Å²) in [5.41, 5.74) is 3.77. The molecule has 0 aliphatic rings. The normalized spacial score (nSPS) is 10.9. The van der Waals surface area contributed by atoms with Crippen LogP contribution in [0.2, 0.25) is 0 Å². The summed E-state index contributed by atoms with van der Waals surface area (Å²) in [6.45, 7) is 0. The van der Waals surface area contributed by atoms with E-state index in [9.17, 15) is 4.79 Å². The molecule has 102 valence electrons. The van der Waals surface area contributed by atoms with Crippen molar-refractivity contribution >= 4 is 22.9 Å². The van der Waals surface area contributed by atoms with Gasteiger partial charge in [-0.3, -0.25) is 9.78 Å². The van der Waals surface area contributed by atoms with Gasteiger partial charge in [-0.15, -0.1) is 0 Å². The number of benzene rings is 2. The van der Waals surface area contributed by atoms with Crippen molar-refractivity contribution in [1.29, 1.82) is 0 Å². The van der Waals surface area contributed by atoms with Gasteiger partial charge in [0.05, 0.1) is 6.21 Å². The fraction of sp³-hybridized carbons (Fsp3) is 0. The van der Waals surface area contributed by atoms with Gasteiger partial charge in [0.15, 0.2) is 0 Å². The minimum absolute atomic E-state index is 0.327. The van der Waals surface area contributed by atoms with Crippen LogP contribution in [0.4, 0.5) is 0 Å². The highest BCUT2D eigenvalue weighted by molar-refractivity contribution is 6.00. The Morgan fingerprint density at radius 1 is 1.00 bits per heavy atom. The number of carbonyl (C=O) groups excluding carboxylic acids is 1. The van der Waals surface area contributed by atoms with Crippen molar-refractivity contribution in [1.82, 2.24) is 10.4 Å². The molecule has 1 N–H and O–H groups in total. The second kappa shape index (κ2) is 5.96. The Labute approximate surface area is 122 Å². The summed E-state index contributed by atoms with van der Waals surface area (Å²) in [5, 5.41) is 6.23. The number of aromatic nitrogens is 1. The minimum atomic E-state index is -0.327. The van der Waals surface area contributed by atoms with Crippen molar-refractivity contribution < 1.29 is 4.79 Å². The summed E-state index contributed by atoms with van der Waals surface area (Å²) in [4.78, 5) is 15.8. The fourth-order valence-corrected chi connectivity index (χ4v) is 2.08. The Morgan fingerprint density at radius 3 is 2.67 bits per heavy atom. The largest absolute Gasteiger partial charge is 0.289 e. The van der Waals surface area contributed by atoms with Crippen LogP contribution in [0.5, 0.6) is 0 Å². The maximum absolute atomic E-state index is 11.8. The molecule has 0 atom stereocenters. The molecule has 0 radical (unpaired) electrons. The van der Waals surface area contributed by atoms with Gasteiger partial charge in [0.2, 0.25) is 0 Å². The van der Waals surface area contributed by atoms with E-state index in [0.29, 0.717) is 5.69 Å². The van der Waals surface area contributed by atoms with Gasteiger partial charge in [0.1, 0.15) is 5.69 Å². The van der Waals surface area contributed by atoms with E-state index in [1.807, 2.05) is 42.5 Å². The lowest BCUT2D eigenvalue weighted by Gasteiger charge is -2.01. The number of carbonyl (C=O) groups is 1. The van der Waals surface area contributed by atoms with Crippen LogP contribution in [0.3, 0.4) is 0 Å². The highest BCUT2D eigenvalue weighted by Gasteiger charge is 2.03. The van der Waals surface area contributed by atoms with Gasteiger partial charge < -0.3 is 0 Å². The lowest BCUT2D eigenvalue weighted by atomic mass is 10.1. The molecule has 4 heteroatoms. The van der Waals surface area contributed by atoms with Crippen LogP contribution in [0, 0.1) is 0 Å². The summed E-state index contributed by atoms with van der Waals surface area (Å²) < 4.78 is 0. The number of pyridine rings is 1. The third-order valence-corrected chi connectivity index (χ3v) is 3.09. The van der Waals surface area contributed by atoms with Gasteiger partial charge in [0, 0.05) is 11.8 Å². The number of hydrogen-bond donors (Lipinski definition) is 1. The Bertz CT molecular complexity index is 792. The molecule has 0 spiro atoms. The quantitative estimate of drug-likeness (QED) is 0.590. The van der Waals surface area contributed by atoms with Gasteiger partial charge in [-0.25, -0.2) is 5.43 Å². The molecule has 1 aromatic heterocycles. The Morgan fingerprint density at radius 2 is 1.81 bits per heavy atom. The summed E-state index contributed by atoms with van der Waals surface area (Å²) >= 11 is 0. The second-order valence-corrected chi connectivity index (χ2v) is 4.48. The minimum Gasteiger partial charge on any atom is -0.266 e. The zero-order valence-corrected chi connectivity index (χ0v) is 11.2. The van der Waals surface area contributed by atoms with Crippen molar-refractivity contribution in [3.05, 3.63) is 78.1 Å². The molecule has 21 heavy (non-hydrogen) atoms. The second-order valence-electron chi connectivity index (χ2n) is 4.48. The van der Waals surface area contributed by atoms with E-state index < -0.39 is 0 Å². The first-order valence-electron chi connectivity index (χ1n) is 6.57. The smallest absolute Gasteiger partial charge is 0.266 e. The zero-order chi connectivity index (χ0) is 14.5. The molecule has 0 saturated heterocycles. The summed E-state index contributed by atoms with van der Waals surface area (Å²) in [7, 11) is 0. The molecule has 0 aliphatic heterocycles. The topological polar surface area (TPSA) is 54.4 Å². The third kappa shape index (κ3) is 2.95. The van der Waals surface area contributed by atoms with Crippen LogP contribution in [0.1, 0.15) is 16.1 Å². The van der Waals surface area contributed by atoms with Crippen molar-refractivity contribution in [2.45, 2.75) is 0 Å². The molecule has 0 bridgehead atoms. The zero-order valence-electron chi connectivity index (χ0n) is 11.2. The van der Waals surface area contributed by atoms with Crippen LogP contribution < -0.4 is 5.43 Å². The number of hydrogen-bond acceptors (Lipinski definition) is 3. The van der Waals surface area contributed by atoms with Crippen LogP contribution in [0.15, 0.2) is 72.0 Å². The number of nitrogens with zero attached hydrogens (tertiary/aromatic N) is 2. The molecule has 4 nitrogen and oxygen atoms in total. The number of hydrazone groups is 1. The lowest BCUT2D eigenvalue weighted by molar-refractivity contribution is 0.0950. The monoisotopic (exact) mass is 275 g/mol. The first kappa shape index (κ1) is 13.0. The standard InChI is InChI=1S/C17H13N3O/c21-17(16-10-3-4-11-18-16)20-19-12-14-8-5-7-13-6-1-2-9-15(13)14/h1-12H,(H,20,21)/b19-12-. The molecule has 0 saturated carbocycles. The molecular weight excluding hydrogens is 262 g/mol. The summed E-state index contributed by atoms with van der Waals surface area (Å²) in [6, 6.07) is 19.2. The van der Waals surface area contributed by atoms with Crippen LogP contribution in [0.25, 0.3) is 10.8 Å². The van der Waals surface area contributed by atoms with Gasteiger partial charge >= 0.3 is 0 Å². The van der Waals surface area contributed by atoms with Crippen molar-refractivity contribution in [3.63, 3.8) is 0 Å². The fourth-order valence-electron chi connectivity index (χ4n) is 2.08. The van der Waals surface area contributed by atoms with Gasteiger partial charge in [0.25, 0.3) is 5.91 Å². The molecule has 1 amide bonds. The highest BCUT2D eigenvalue weighted by atomic mass is 16.2. The van der Waals surface area contributed by atoms with E-state index in [2.05, 4.69) is 15.5 Å². The molecule has 3 aromatic rings. The SMILES string of the molecule is O=C(N/N=C\c1cccc2ccccc12)c1ccccn1. The van der Waals surface area contributed by atoms with E-state index >= 15 is 0 Å². The number of fused-ring (bicyclic) bond motifs is 1. The van der Waals surface area contributed by atoms with E-state index in [1.165, 1.54) is 0 Å². The number of rotatable bonds is 3. The van der Waals surface area contributed by atoms with Crippen LogP contribution in [-0.4, -0.2) is 17.1 Å². The Kier molecular flexibility index (Phi) is 3.69. The summed E-state index contributed by atoms with van der Waals surface area (Å²) in [6.07, 6.45) is 3.21. The van der Waals surface area contributed by atoms with Crippen LogP contribution >= 0.6 is 0 Å². The molecule has 2 aromatic carbocycles. The predicted molar refractivity (Wildman–Crippen MR) is 83.2 cm³/mol. The molecule has 0 aliphatic carbocycles. The first-order valence-corrected chi connectivity index (χ1v) is 6.57. The summed E-state index contributed by atoms with van der Waals surface area (Å²) in [5.74, 6) is -0.327. The van der Waals surface area contributed by atoms with Crippen molar-refractivity contribution in [2.24, 2.45) is 5.10 Å². The maximum atomic E-state index is 11.8. The molecule has 0 fully saturated rings. The van der Waals surface area contributed by atoms with E-state index in [0.717, 1.165) is 16.3 Å². The lowest BCUT2D eigenvalue weighted by Crippen LogP contribution is -2.18. The van der Waals surface area contributed by atoms with Crippen molar-refractivity contribution in [3.8, 4) is 0 Å². The Balaban J connectivity index is 1.78. The first-order chi connectivity index (χ1) is 10.3. The van der Waals surface area contributed by atoms with E-state index in [-0.39, 0.29) is 5.91 Å². The maximum Gasteiger partial charge on any atom is 0.289 e. The van der Waals surface area contributed by atoms with E-state index in [4.69, 9.17) is 0 Å². The van der Waals surface area contributed by atoms with Crippen LogP contribution in [-0.2, 0) is 0 Å². The average Bonchev–Trinajstić information content (AvgIpc) is 2.56. The van der Waals surface area contributed by atoms with Gasteiger partial charge in [-0.1, -0.05) is 48.5 Å². The van der Waals surface area contributed by atoms with Gasteiger partial charge in [-0.2, -0.15) is 5.10 Å².